The van der Waals surface area contributed by atoms with E-state index < -0.39 is 60.2 Å². The van der Waals surface area contributed by atoms with Gasteiger partial charge in [0.25, 0.3) is 0 Å². The first-order valence-electron chi connectivity index (χ1n) is 8.83. The van der Waals surface area contributed by atoms with Gasteiger partial charge in [0.2, 0.25) is 0 Å². The van der Waals surface area contributed by atoms with Crippen molar-refractivity contribution in [3.8, 4) is 0 Å². The van der Waals surface area contributed by atoms with E-state index in [9.17, 15) is 24.0 Å². The molecule has 0 unspecified atom stereocenters. The van der Waals surface area contributed by atoms with Crippen LogP contribution in [0.4, 0.5) is 0 Å². The van der Waals surface area contributed by atoms with E-state index in [1.54, 1.807) is 0 Å². The molecule has 0 amide bonds. The molecular weight excluding hydrogens is 376 g/mol. The molecule has 1 fully saturated rings. The molecule has 0 saturated heterocycles. The van der Waals surface area contributed by atoms with Crippen LogP contribution in [-0.2, 0) is 47.7 Å². The Bertz CT molecular complexity index is 613. The minimum Gasteiger partial charge on any atom is -0.466 e. The van der Waals surface area contributed by atoms with Crippen LogP contribution >= 0.6 is 0 Å². The summed E-state index contributed by atoms with van der Waals surface area (Å²) in [6, 6.07) is 0. The van der Waals surface area contributed by atoms with Gasteiger partial charge in [-0.3, -0.25) is 24.0 Å². The molecule has 158 valence electrons. The molecule has 5 atom stereocenters. The van der Waals surface area contributed by atoms with Crippen molar-refractivity contribution < 1.29 is 47.7 Å². The normalized spacial score (nSPS) is 26.5. The van der Waals surface area contributed by atoms with Crippen molar-refractivity contribution in [3.05, 3.63) is 0 Å². The summed E-state index contributed by atoms with van der Waals surface area (Å²) in [5, 5.41) is 0. The Morgan fingerprint density at radius 3 is 1.57 bits per heavy atom. The zero-order chi connectivity index (χ0) is 21.4. The molecule has 1 saturated carbocycles. The van der Waals surface area contributed by atoms with E-state index in [1.807, 2.05) is 0 Å². The maximum Gasteiger partial charge on any atom is 0.303 e. The average molecular weight is 402 g/mol. The average Bonchev–Trinajstić information content (AvgIpc) is 2.51. The summed E-state index contributed by atoms with van der Waals surface area (Å²) < 4.78 is 26.1. The third-order valence-electron chi connectivity index (χ3n) is 4.03. The fraction of sp³-hybridized carbons (Fsp3) is 0.722. The molecule has 10 heteroatoms. The largest absolute Gasteiger partial charge is 0.466 e. The van der Waals surface area contributed by atoms with E-state index >= 15 is 0 Å². The predicted octanol–water partition coefficient (Wildman–Crippen LogP) is 0.686. The maximum atomic E-state index is 11.6. The van der Waals surface area contributed by atoms with Crippen molar-refractivity contribution in [2.45, 2.75) is 71.9 Å². The zero-order valence-electron chi connectivity index (χ0n) is 16.6. The van der Waals surface area contributed by atoms with Crippen LogP contribution in [0.2, 0.25) is 0 Å². The topological polar surface area (TPSA) is 132 Å². The van der Waals surface area contributed by atoms with Crippen molar-refractivity contribution in [2.24, 2.45) is 5.92 Å². The fourth-order valence-corrected chi connectivity index (χ4v) is 3.21. The van der Waals surface area contributed by atoms with Gasteiger partial charge in [-0.25, -0.2) is 0 Å². The van der Waals surface area contributed by atoms with Crippen molar-refractivity contribution >= 4 is 29.8 Å². The lowest BCUT2D eigenvalue weighted by Gasteiger charge is -2.44. The van der Waals surface area contributed by atoms with E-state index in [1.165, 1.54) is 20.8 Å². The highest BCUT2D eigenvalue weighted by Crippen LogP contribution is 2.36. The van der Waals surface area contributed by atoms with Gasteiger partial charge in [0, 0.05) is 40.5 Å². The summed E-state index contributed by atoms with van der Waals surface area (Å²) >= 11 is 0. The second kappa shape index (κ2) is 10.6. The highest BCUT2D eigenvalue weighted by molar-refractivity contribution is 5.69. The standard InChI is InChI=1S/C18H26O10/c1-9(19)24-7-6-14-8-15(25-10(2)20)17(27-12(4)22)18(28-13(5)23)16(14)26-11(3)21/h14-18H,6-8H2,1-5H3/t14-,15-,16-,17-,18-/m0/s1. The van der Waals surface area contributed by atoms with Gasteiger partial charge in [-0.1, -0.05) is 0 Å². The SMILES string of the molecule is CC(=O)OCC[C@H]1C[C@H](OC(C)=O)[C@H](OC(C)=O)[C@@H](OC(C)=O)[C@H]1OC(C)=O. The van der Waals surface area contributed by atoms with Crippen LogP contribution in [0.1, 0.15) is 47.5 Å². The van der Waals surface area contributed by atoms with E-state index in [0.717, 1.165) is 13.8 Å². The lowest BCUT2D eigenvalue weighted by Crippen LogP contribution is -2.59. The minimum absolute atomic E-state index is 0.0234. The molecule has 0 heterocycles. The minimum atomic E-state index is -1.19. The van der Waals surface area contributed by atoms with Gasteiger partial charge in [0.05, 0.1) is 6.61 Å². The number of esters is 5. The Labute approximate surface area is 162 Å². The summed E-state index contributed by atoms with van der Waals surface area (Å²) in [4.78, 5) is 57.4. The molecule has 0 radical (unpaired) electrons. The molecule has 0 bridgehead atoms. The molecule has 10 nitrogen and oxygen atoms in total. The number of carbonyl (C=O) groups is 5. The molecule has 0 aromatic carbocycles. The van der Waals surface area contributed by atoms with Gasteiger partial charge < -0.3 is 23.7 Å². The third-order valence-corrected chi connectivity index (χ3v) is 4.03. The van der Waals surface area contributed by atoms with Gasteiger partial charge in [-0.05, 0) is 12.8 Å². The second-order valence-electron chi connectivity index (χ2n) is 6.49. The molecular formula is C18H26O10. The molecule has 28 heavy (non-hydrogen) atoms. The maximum absolute atomic E-state index is 11.6. The van der Waals surface area contributed by atoms with E-state index in [2.05, 4.69) is 0 Å². The Kier molecular flexibility index (Phi) is 8.87. The van der Waals surface area contributed by atoms with Crippen LogP contribution in [0, 0.1) is 5.92 Å². The number of rotatable bonds is 7. The van der Waals surface area contributed by atoms with Crippen LogP contribution in [0.15, 0.2) is 0 Å². The van der Waals surface area contributed by atoms with Crippen molar-refractivity contribution in [1.29, 1.82) is 0 Å². The number of hydrogen-bond donors (Lipinski definition) is 0. The summed E-state index contributed by atoms with van der Waals surface area (Å²) in [5.41, 5.74) is 0. The van der Waals surface area contributed by atoms with Crippen LogP contribution < -0.4 is 0 Å². The van der Waals surface area contributed by atoms with Gasteiger partial charge in [0.1, 0.15) is 12.2 Å². The summed E-state index contributed by atoms with van der Waals surface area (Å²) in [6.45, 7) is 5.97. The number of ether oxygens (including phenoxy) is 5. The lowest BCUT2D eigenvalue weighted by molar-refractivity contribution is -0.219. The van der Waals surface area contributed by atoms with Crippen LogP contribution in [-0.4, -0.2) is 60.9 Å². The molecule has 1 aliphatic carbocycles. The third kappa shape index (κ3) is 7.53. The summed E-state index contributed by atoms with van der Waals surface area (Å²) in [7, 11) is 0. The highest BCUT2D eigenvalue weighted by atomic mass is 16.6. The quantitative estimate of drug-likeness (QED) is 0.442. The fourth-order valence-electron chi connectivity index (χ4n) is 3.21. The number of hydrogen-bond acceptors (Lipinski definition) is 10. The first-order valence-corrected chi connectivity index (χ1v) is 8.83. The van der Waals surface area contributed by atoms with Gasteiger partial charge in [-0.15, -0.1) is 0 Å². The monoisotopic (exact) mass is 402 g/mol. The lowest BCUT2D eigenvalue weighted by atomic mass is 9.78. The Hall–Kier alpha value is -2.65. The molecule has 0 aliphatic heterocycles. The van der Waals surface area contributed by atoms with E-state index in [4.69, 9.17) is 23.7 Å². The summed E-state index contributed by atoms with van der Waals surface area (Å²) in [6.07, 6.45) is -3.85. The van der Waals surface area contributed by atoms with E-state index in [0.29, 0.717) is 0 Å². The van der Waals surface area contributed by atoms with Crippen LogP contribution in [0.3, 0.4) is 0 Å². The number of carbonyl (C=O) groups excluding carboxylic acids is 5. The molecule has 0 aromatic heterocycles. The molecule has 0 aromatic rings. The first-order chi connectivity index (χ1) is 13.0. The van der Waals surface area contributed by atoms with Crippen molar-refractivity contribution in [3.63, 3.8) is 0 Å². The van der Waals surface area contributed by atoms with Gasteiger partial charge in [-0.2, -0.15) is 0 Å². The Morgan fingerprint density at radius 2 is 1.11 bits per heavy atom. The van der Waals surface area contributed by atoms with Crippen LogP contribution in [0.5, 0.6) is 0 Å². The predicted molar refractivity (Wildman–Crippen MR) is 91.6 cm³/mol. The smallest absolute Gasteiger partial charge is 0.303 e. The van der Waals surface area contributed by atoms with Gasteiger partial charge >= 0.3 is 29.8 Å². The van der Waals surface area contributed by atoms with E-state index in [-0.39, 0.29) is 19.4 Å². The molecule has 0 spiro atoms. The molecule has 1 aliphatic rings. The van der Waals surface area contributed by atoms with Crippen molar-refractivity contribution in [1.82, 2.24) is 0 Å². The zero-order valence-corrected chi connectivity index (χ0v) is 16.6. The molecule has 0 N–H and O–H groups in total. The molecule has 1 rings (SSSR count). The summed E-state index contributed by atoms with van der Waals surface area (Å²) in [5.74, 6) is -3.59. The first kappa shape index (κ1) is 23.4. The Balaban J connectivity index is 3.24. The second-order valence-corrected chi connectivity index (χ2v) is 6.49. The Morgan fingerprint density at radius 1 is 0.643 bits per heavy atom. The van der Waals surface area contributed by atoms with Gasteiger partial charge in [0.15, 0.2) is 12.2 Å². The van der Waals surface area contributed by atoms with Crippen LogP contribution in [0.25, 0.3) is 0 Å². The highest BCUT2D eigenvalue weighted by Gasteiger charge is 2.51. The van der Waals surface area contributed by atoms with Crippen molar-refractivity contribution in [2.75, 3.05) is 6.61 Å².